The SMILES string of the molecule is CCCCNC(=O)c1cccc(C(=O)Nc2cc(C)on2)n1. The van der Waals surface area contributed by atoms with Gasteiger partial charge in [0.2, 0.25) is 0 Å². The minimum atomic E-state index is -0.448. The van der Waals surface area contributed by atoms with Crippen LogP contribution in [0.15, 0.2) is 28.8 Å². The number of anilines is 1. The Labute approximate surface area is 128 Å². The summed E-state index contributed by atoms with van der Waals surface area (Å²) in [5, 5.41) is 8.99. The van der Waals surface area contributed by atoms with E-state index >= 15 is 0 Å². The molecule has 22 heavy (non-hydrogen) atoms. The molecule has 0 saturated heterocycles. The molecule has 2 rings (SSSR count). The standard InChI is InChI=1S/C15H18N4O3/c1-3-4-8-16-14(20)11-6-5-7-12(17-11)15(21)18-13-9-10(2)22-19-13/h5-7,9H,3-4,8H2,1-2H3,(H,16,20)(H,18,19,21). The van der Waals surface area contributed by atoms with Gasteiger partial charge in [0.05, 0.1) is 0 Å². The highest BCUT2D eigenvalue weighted by Crippen LogP contribution is 2.09. The summed E-state index contributed by atoms with van der Waals surface area (Å²) in [6.07, 6.45) is 1.89. The van der Waals surface area contributed by atoms with Gasteiger partial charge in [0.25, 0.3) is 11.8 Å². The maximum absolute atomic E-state index is 12.1. The van der Waals surface area contributed by atoms with Crippen molar-refractivity contribution < 1.29 is 14.1 Å². The van der Waals surface area contributed by atoms with E-state index in [1.54, 1.807) is 25.1 Å². The van der Waals surface area contributed by atoms with Gasteiger partial charge in [0.15, 0.2) is 5.82 Å². The Morgan fingerprint density at radius 3 is 2.59 bits per heavy atom. The van der Waals surface area contributed by atoms with Gasteiger partial charge in [-0.1, -0.05) is 24.6 Å². The van der Waals surface area contributed by atoms with Gasteiger partial charge in [-0.15, -0.1) is 0 Å². The van der Waals surface area contributed by atoms with E-state index in [0.717, 1.165) is 12.8 Å². The highest BCUT2D eigenvalue weighted by molar-refractivity contribution is 6.03. The summed E-state index contributed by atoms with van der Waals surface area (Å²) in [5.74, 6) is 0.159. The maximum atomic E-state index is 12.1. The van der Waals surface area contributed by atoms with Gasteiger partial charge in [-0.05, 0) is 25.5 Å². The van der Waals surface area contributed by atoms with E-state index < -0.39 is 5.91 Å². The van der Waals surface area contributed by atoms with E-state index in [1.807, 2.05) is 6.92 Å². The van der Waals surface area contributed by atoms with Crippen LogP contribution in [0.3, 0.4) is 0 Å². The molecule has 7 heteroatoms. The lowest BCUT2D eigenvalue weighted by Gasteiger charge is -2.05. The zero-order valence-corrected chi connectivity index (χ0v) is 12.5. The minimum absolute atomic E-state index is 0.142. The molecule has 2 amide bonds. The molecule has 2 N–H and O–H groups in total. The normalized spacial score (nSPS) is 10.3. The molecule has 2 aromatic heterocycles. The number of nitrogens with one attached hydrogen (secondary N) is 2. The van der Waals surface area contributed by atoms with E-state index in [2.05, 4.69) is 20.8 Å². The monoisotopic (exact) mass is 302 g/mol. The average Bonchev–Trinajstić information content (AvgIpc) is 2.92. The molecule has 0 atom stereocenters. The number of aromatic nitrogens is 2. The van der Waals surface area contributed by atoms with Crippen LogP contribution in [-0.4, -0.2) is 28.5 Å². The van der Waals surface area contributed by atoms with Crippen molar-refractivity contribution in [3.05, 3.63) is 41.4 Å². The zero-order valence-electron chi connectivity index (χ0n) is 12.5. The number of amides is 2. The molecule has 7 nitrogen and oxygen atoms in total. The van der Waals surface area contributed by atoms with E-state index in [0.29, 0.717) is 18.1 Å². The third-order valence-corrected chi connectivity index (χ3v) is 2.90. The van der Waals surface area contributed by atoms with Crippen LogP contribution in [0.1, 0.15) is 46.5 Å². The number of carbonyl (C=O) groups excluding carboxylic acids is 2. The van der Waals surface area contributed by atoms with Crippen molar-refractivity contribution in [2.75, 3.05) is 11.9 Å². The van der Waals surface area contributed by atoms with Crippen LogP contribution in [-0.2, 0) is 0 Å². The third kappa shape index (κ3) is 4.15. The van der Waals surface area contributed by atoms with Gasteiger partial charge < -0.3 is 15.2 Å². The molecular formula is C15H18N4O3. The largest absolute Gasteiger partial charge is 0.360 e. The quantitative estimate of drug-likeness (QED) is 0.797. The summed E-state index contributed by atoms with van der Waals surface area (Å²) in [5.41, 5.74) is 0.351. The Balaban J connectivity index is 2.04. The second kappa shape index (κ2) is 7.35. The first kappa shape index (κ1) is 15.7. The topological polar surface area (TPSA) is 97.1 Å². The second-order valence-electron chi connectivity index (χ2n) is 4.79. The van der Waals surface area contributed by atoms with Crippen LogP contribution in [0, 0.1) is 6.92 Å². The van der Waals surface area contributed by atoms with Gasteiger partial charge in [0.1, 0.15) is 17.1 Å². The van der Waals surface area contributed by atoms with E-state index in [9.17, 15) is 9.59 Å². The Morgan fingerprint density at radius 2 is 1.95 bits per heavy atom. The van der Waals surface area contributed by atoms with E-state index in [1.165, 1.54) is 6.07 Å². The summed E-state index contributed by atoms with van der Waals surface area (Å²) in [6.45, 7) is 4.36. The fraction of sp³-hybridized carbons (Fsp3) is 0.333. The van der Waals surface area contributed by atoms with Gasteiger partial charge in [-0.2, -0.15) is 0 Å². The molecule has 0 fully saturated rings. The van der Waals surface area contributed by atoms with Crippen LogP contribution in [0.4, 0.5) is 5.82 Å². The van der Waals surface area contributed by atoms with Crippen molar-refractivity contribution in [3.8, 4) is 0 Å². The molecule has 0 aromatic carbocycles. The second-order valence-corrected chi connectivity index (χ2v) is 4.79. The number of aryl methyl sites for hydroxylation is 1. The molecule has 0 bridgehead atoms. The average molecular weight is 302 g/mol. The molecule has 0 saturated carbocycles. The smallest absolute Gasteiger partial charge is 0.275 e. The minimum Gasteiger partial charge on any atom is -0.360 e. The van der Waals surface area contributed by atoms with Gasteiger partial charge >= 0.3 is 0 Å². The van der Waals surface area contributed by atoms with E-state index in [-0.39, 0.29) is 17.3 Å². The first-order valence-electron chi connectivity index (χ1n) is 7.10. The molecule has 0 aliphatic carbocycles. The van der Waals surface area contributed by atoms with Gasteiger partial charge in [-0.25, -0.2) is 4.98 Å². The third-order valence-electron chi connectivity index (χ3n) is 2.90. The molecule has 116 valence electrons. The van der Waals surface area contributed by atoms with Crippen molar-refractivity contribution >= 4 is 17.6 Å². The number of unbranched alkanes of at least 4 members (excludes halogenated alkanes) is 1. The van der Waals surface area contributed by atoms with Crippen LogP contribution in [0.2, 0.25) is 0 Å². The van der Waals surface area contributed by atoms with Gasteiger partial charge in [0, 0.05) is 12.6 Å². The molecule has 0 aliphatic heterocycles. The number of hydrogen-bond acceptors (Lipinski definition) is 5. The molecule has 0 unspecified atom stereocenters. The predicted molar refractivity (Wildman–Crippen MR) is 80.7 cm³/mol. The lowest BCUT2D eigenvalue weighted by molar-refractivity contribution is 0.0948. The van der Waals surface area contributed by atoms with Crippen molar-refractivity contribution in [3.63, 3.8) is 0 Å². The van der Waals surface area contributed by atoms with Crippen LogP contribution in [0.25, 0.3) is 0 Å². The van der Waals surface area contributed by atoms with Crippen molar-refractivity contribution in [1.82, 2.24) is 15.5 Å². The molecular weight excluding hydrogens is 284 g/mol. The molecule has 0 radical (unpaired) electrons. The van der Waals surface area contributed by atoms with Crippen LogP contribution in [0.5, 0.6) is 0 Å². The lowest BCUT2D eigenvalue weighted by atomic mass is 10.2. The number of carbonyl (C=O) groups is 2. The van der Waals surface area contributed by atoms with Crippen molar-refractivity contribution in [1.29, 1.82) is 0 Å². The van der Waals surface area contributed by atoms with Gasteiger partial charge in [-0.3, -0.25) is 9.59 Å². The first-order valence-corrected chi connectivity index (χ1v) is 7.10. The Hall–Kier alpha value is -2.70. The Bertz CT molecular complexity index is 666. The highest BCUT2D eigenvalue weighted by atomic mass is 16.5. The summed E-state index contributed by atoms with van der Waals surface area (Å²) in [6, 6.07) is 6.31. The highest BCUT2D eigenvalue weighted by Gasteiger charge is 2.13. The Morgan fingerprint density at radius 1 is 1.23 bits per heavy atom. The summed E-state index contributed by atoms with van der Waals surface area (Å²) >= 11 is 0. The van der Waals surface area contributed by atoms with E-state index in [4.69, 9.17) is 4.52 Å². The first-order chi connectivity index (χ1) is 10.6. The summed E-state index contributed by atoms with van der Waals surface area (Å²) < 4.78 is 4.87. The molecule has 2 aromatic rings. The fourth-order valence-corrected chi connectivity index (χ4v) is 1.76. The summed E-state index contributed by atoms with van der Waals surface area (Å²) in [7, 11) is 0. The lowest BCUT2D eigenvalue weighted by Crippen LogP contribution is -2.26. The number of hydrogen-bond donors (Lipinski definition) is 2. The Kier molecular flexibility index (Phi) is 5.24. The summed E-state index contributed by atoms with van der Waals surface area (Å²) in [4.78, 5) is 28.1. The molecule has 0 spiro atoms. The fourth-order valence-electron chi connectivity index (χ4n) is 1.76. The molecule has 2 heterocycles. The number of nitrogens with zero attached hydrogens (tertiary/aromatic N) is 2. The number of rotatable bonds is 6. The van der Waals surface area contributed by atoms with Crippen molar-refractivity contribution in [2.45, 2.75) is 26.7 Å². The zero-order chi connectivity index (χ0) is 15.9. The predicted octanol–water partition coefficient (Wildman–Crippen LogP) is 2.16. The van der Waals surface area contributed by atoms with Crippen LogP contribution < -0.4 is 10.6 Å². The number of pyridine rings is 1. The molecule has 0 aliphatic rings. The maximum Gasteiger partial charge on any atom is 0.275 e. The van der Waals surface area contributed by atoms with Crippen molar-refractivity contribution in [2.24, 2.45) is 0 Å². The van der Waals surface area contributed by atoms with Crippen LogP contribution >= 0.6 is 0 Å².